The summed E-state index contributed by atoms with van der Waals surface area (Å²) in [6.45, 7) is 1.43. The van der Waals surface area contributed by atoms with Crippen LogP contribution in [0.3, 0.4) is 0 Å². The van der Waals surface area contributed by atoms with Crippen LogP contribution in [0.5, 0.6) is 0 Å². The fourth-order valence-corrected chi connectivity index (χ4v) is 2.63. The molecular formula is C17H16F3N3O. The minimum Gasteiger partial charge on any atom is -0.346 e. The van der Waals surface area contributed by atoms with Crippen LogP contribution in [-0.2, 0) is 17.5 Å². The summed E-state index contributed by atoms with van der Waals surface area (Å²) < 4.78 is 38.3. The standard InChI is InChI=1S/C17H16F3N3O/c18-17(19,20)14-7-4-8-15(21-14)22-9-10-23(16(24)12-22)11-13-5-2-1-3-6-13/h1-8H,9-12H2. The summed E-state index contributed by atoms with van der Waals surface area (Å²) in [5.74, 6) is 0.0573. The molecule has 2 heterocycles. The average Bonchev–Trinajstić information content (AvgIpc) is 2.57. The Morgan fingerprint density at radius 3 is 2.42 bits per heavy atom. The Bertz CT molecular complexity index is 719. The minimum absolute atomic E-state index is 0.0289. The predicted molar refractivity (Wildman–Crippen MR) is 83.3 cm³/mol. The van der Waals surface area contributed by atoms with Crippen LogP contribution < -0.4 is 4.90 Å². The molecule has 1 aromatic heterocycles. The third-order valence-corrected chi connectivity index (χ3v) is 3.88. The number of anilines is 1. The molecule has 4 nitrogen and oxygen atoms in total. The van der Waals surface area contributed by atoms with Crippen molar-refractivity contribution in [2.75, 3.05) is 24.5 Å². The Kier molecular flexibility index (Phi) is 4.42. The summed E-state index contributed by atoms with van der Waals surface area (Å²) in [6.07, 6.45) is -4.49. The van der Waals surface area contributed by atoms with Gasteiger partial charge in [-0.3, -0.25) is 4.79 Å². The average molecular weight is 335 g/mol. The first-order chi connectivity index (χ1) is 11.4. The van der Waals surface area contributed by atoms with Gasteiger partial charge < -0.3 is 9.80 Å². The zero-order chi connectivity index (χ0) is 17.2. The van der Waals surface area contributed by atoms with E-state index in [0.29, 0.717) is 19.6 Å². The van der Waals surface area contributed by atoms with Gasteiger partial charge in [0.25, 0.3) is 0 Å². The number of hydrogen-bond donors (Lipinski definition) is 0. The first-order valence-electron chi connectivity index (χ1n) is 7.54. The highest BCUT2D eigenvalue weighted by Crippen LogP contribution is 2.29. The molecule has 0 unspecified atom stereocenters. The molecule has 1 fully saturated rings. The lowest BCUT2D eigenvalue weighted by atomic mass is 10.2. The van der Waals surface area contributed by atoms with E-state index >= 15 is 0 Å². The topological polar surface area (TPSA) is 36.4 Å². The molecule has 1 saturated heterocycles. The minimum atomic E-state index is -4.49. The molecule has 3 rings (SSSR count). The lowest BCUT2D eigenvalue weighted by Gasteiger charge is -2.35. The summed E-state index contributed by atoms with van der Waals surface area (Å²) in [5.41, 5.74) is 0.0793. The third-order valence-electron chi connectivity index (χ3n) is 3.88. The van der Waals surface area contributed by atoms with E-state index in [1.165, 1.54) is 12.1 Å². The van der Waals surface area contributed by atoms with E-state index in [1.54, 1.807) is 9.80 Å². The lowest BCUT2D eigenvalue weighted by molar-refractivity contribution is -0.141. The van der Waals surface area contributed by atoms with E-state index in [9.17, 15) is 18.0 Å². The van der Waals surface area contributed by atoms with Crippen LogP contribution in [0.25, 0.3) is 0 Å². The van der Waals surface area contributed by atoms with Crippen molar-refractivity contribution in [2.24, 2.45) is 0 Å². The number of pyridine rings is 1. The molecule has 0 atom stereocenters. The number of carbonyl (C=O) groups is 1. The quantitative estimate of drug-likeness (QED) is 0.865. The molecule has 1 aliphatic heterocycles. The molecule has 7 heteroatoms. The maximum absolute atomic E-state index is 12.8. The number of hydrogen-bond acceptors (Lipinski definition) is 3. The maximum Gasteiger partial charge on any atom is 0.433 e. The van der Waals surface area contributed by atoms with Gasteiger partial charge in [0, 0.05) is 19.6 Å². The summed E-state index contributed by atoms with van der Waals surface area (Å²) in [6, 6.07) is 13.3. The Hall–Kier alpha value is -2.57. The lowest BCUT2D eigenvalue weighted by Crippen LogP contribution is -2.50. The number of halogens is 3. The van der Waals surface area contributed by atoms with Crippen LogP contribution in [0.2, 0.25) is 0 Å². The Labute approximate surface area is 137 Å². The molecule has 0 spiro atoms. The van der Waals surface area contributed by atoms with Crippen LogP contribution >= 0.6 is 0 Å². The van der Waals surface area contributed by atoms with E-state index in [1.807, 2.05) is 30.3 Å². The molecule has 0 N–H and O–H groups in total. The molecule has 1 amide bonds. The SMILES string of the molecule is O=C1CN(c2cccc(C(F)(F)F)n2)CCN1Cc1ccccc1. The fraction of sp³-hybridized carbons (Fsp3) is 0.294. The molecule has 126 valence electrons. The largest absolute Gasteiger partial charge is 0.433 e. The molecule has 24 heavy (non-hydrogen) atoms. The normalized spacial score (nSPS) is 15.7. The zero-order valence-corrected chi connectivity index (χ0v) is 12.8. The number of alkyl halides is 3. The fourth-order valence-electron chi connectivity index (χ4n) is 2.63. The highest BCUT2D eigenvalue weighted by molar-refractivity contribution is 5.82. The van der Waals surface area contributed by atoms with Crippen molar-refractivity contribution in [3.63, 3.8) is 0 Å². The first kappa shape index (κ1) is 16.3. The summed E-state index contributed by atoms with van der Waals surface area (Å²) >= 11 is 0. The van der Waals surface area contributed by atoms with Crippen molar-refractivity contribution in [1.29, 1.82) is 0 Å². The van der Waals surface area contributed by atoms with Crippen molar-refractivity contribution in [3.8, 4) is 0 Å². The Balaban J connectivity index is 1.68. The van der Waals surface area contributed by atoms with Gasteiger partial charge >= 0.3 is 6.18 Å². The van der Waals surface area contributed by atoms with Crippen molar-refractivity contribution >= 4 is 11.7 Å². The highest BCUT2D eigenvalue weighted by Gasteiger charge is 2.33. The van der Waals surface area contributed by atoms with Gasteiger partial charge in [-0.05, 0) is 17.7 Å². The van der Waals surface area contributed by atoms with Crippen molar-refractivity contribution in [1.82, 2.24) is 9.88 Å². The van der Waals surface area contributed by atoms with Crippen LogP contribution in [0.15, 0.2) is 48.5 Å². The smallest absolute Gasteiger partial charge is 0.346 e. The number of amides is 1. The summed E-state index contributed by atoms with van der Waals surface area (Å²) in [4.78, 5) is 19.2. The number of nitrogens with zero attached hydrogens (tertiary/aromatic N) is 3. The van der Waals surface area contributed by atoms with Crippen LogP contribution in [0.1, 0.15) is 11.3 Å². The third kappa shape index (κ3) is 3.67. The molecule has 0 radical (unpaired) electrons. The van der Waals surface area contributed by atoms with Gasteiger partial charge in [0.2, 0.25) is 5.91 Å². The van der Waals surface area contributed by atoms with Gasteiger partial charge in [-0.15, -0.1) is 0 Å². The number of rotatable bonds is 3. The van der Waals surface area contributed by atoms with Gasteiger partial charge in [-0.25, -0.2) is 4.98 Å². The van der Waals surface area contributed by atoms with Crippen molar-refractivity contribution in [2.45, 2.75) is 12.7 Å². The van der Waals surface area contributed by atoms with Gasteiger partial charge in [0.1, 0.15) is 11.5 Å². The highest BCUT2D eigenvalue weighted by atomic mass is 19.4. The molecule has 0 saturated carbocycles. The van der Waals surface area contributed by atoms with E-state index in [-0.39, 0.29) is 18.3 Å². The van der Waals surface area contributed by atoms with Gasteiger partial charge in [-0.2, -0.15) is 13.2 Å². The van der Waals surface area contributed by atoms with E-state index in [4.69, 9.17) is 0 Å². The zero-order valence-electron chi connectivity index (χ0n) is 12.8. The van der Waals surface area contributed by atoms with Gasteiger partial charge in [0.05, 0.1) is 6.54 Å². The van der Waals surface area contributed by atoms with Crippen LogP contribution in [0.4, 0.5) is 19.0 Å². The molecular weight excluding hydrogens is 319 g/mol. The number of piperazine rings is 1. The maximum atomic E-state index is 12.8. The van der Waals surface area contributed by atoms with Crippen molar-refractivity contribution in [3.05, 3.63) is 59.8 Å². The number of carbonyl (C=O) groups excluding carboxylic acids is 1. The van der Waals surface area contributed by atoms with Gasteiger partial charge in [-0.1, -0.05) is 36.4 Å². The van der Waals surface area contributed by atoms with E-state index in [2.05, 4.69) is 4.98 Å². The monoisotopic (exact) mass is 335 g/mol. The van der Waals surface area contributed by atoms with Crippen LogP contribution in [-0.4, -0.2) is 35.4 Å². The Morgan fingerprint density at radius 1 is 1.00 bits per heavy atom. The molecule has 0 bridgehead atoms. The molecule has 2 aromatic rings. The van der Waals surface area contributed by atoms with E-state index in [0.717, 1.165) is 11.6 Å². The first-order valence-corrected chi connectivity index (χ1v) is 7.54. The summed E-state index contributed by atoms with van der Waals surface area (Å²) in [5, 5.41) is 0. The van der Waals surface area contributed by atoms with E-state index < -0.39 is 11.9 Å². The number of aromatic nitrogens is 1. The molecule has 1 aromatic carbocycles. The number of benzene rings is 1. The molecule has 0 aliphatic carbocycles. The van der Waals surface area contributed by atoms with Gasteiger partial charge in [0.15, 0.2) is 0 Å². The molecule has 1 aliphatic rings. The second kappa shape index (κ2) is 6.51. The van der Waals surface area contributed by atoms with Crippen LogP contribution in [0, 0.1) is 0 Å². The Morgan fingerprint density at radius 2 is 1.75 bits per heavy atom. The second-order valence-electron chi connectivity index (χ2n) is 5.60. The second-order valence-corrected chi connectivity index (χ2v) is 5.60. The summed E-state index contributed by atoms with van der Waals surface area (Å²) in [7, 11) is 0. The predicted octanol–water partition coefficient (Wildman–Crippen LogP) is 2.95. The van der Waals surface area contributed by atoms with Crippen molar-refractivity contribution < 1.29 is 18.0 Å².